The van der Waals surface area contributed by atoms with Gasteiger partial charge in [-0.2, -0.15) is 5.48 Å². The first kappa shape index (κ1) is 12.9. The van der Waals surface area contributed by atoms with Crippen LogP contribution in [0.15, 0.2) is 60.7 Å². The molecule has 2 aliphatic carbocycles. The van der Waals surface area contributed by atoms with Gasteiger partial charge in [-0.15, -0.1) is 0 Å². The summed E-state index contributed by atoms with van der Waals surface area (Å²) in [5.74, 6) is 2.08. The molecule has 112 valence electrons. The predicted octanol–water partition coefficient (Wildman–Crippen LogP) is 3.88. The molecule has 3 aliphatic rings. The third-order valence-corrected chi connectivity index (χ3v) is 6.15. The minimum Gasteiger partial charge on any atom is -0.297 e. The molecule has 2 bridgehead atoms. The summed E-state index contributed by atoms with van der Waals surface area (Å²) in [6.45, 7) is 0. The average molecular weight is 291 g/mol. The maximum atomic E-state index is 6.19. The number of hydrogen-bond acceptors (Lipinski definition) is 2. The Kier molecular flexibility index (Phi) is 2.73. The Balaban J connectivity index is 1.71. The van der Waals surface area contributed by atoms with Gasteiger partial charge in [0, 0.05) is 5.92 Å². The molecule has 2 aromatic rings. The Morgan fingerprint density at radius 1 is 0.818 bits per heavy atom. The molecule has 2 heteroatoms. The van der Waals surface area contributed by atoms with Gasteiger partial charge in [0.1, 0.15) is 0 Å². The van der Waals surface area contributed by atoms with Crippen LogP contribution in [-0.2, 0) is 10.4 Å². The molecule has 3 fully saturated rings. The lowest BCUT2D eigenvalue weighted by atomic mass is 9.67. The van der Waals surface area contributed by atoms with Crippen molar-refractivity contribution in [3.63, 3.8) is 0 Å². The second-order valence-electron chi connectivity index (χ2n) is 7.08. The Labute approximate surface area is 131 Å². The quantitative estimate of drug-likeness (QED) is 0.906. The number of hydrogen-bond donors (Lipinski definition) is 1. The van der Waals surface area contributed by atoms with Crippen LogP contribution in [0.1, 0.15) is 30.4 Å². The minimum absolute atomic E-state index is 0.187. The van der Waals surface area contributed by atoms with E-state index in [4.69, 9.17) is 4.84 Å². The molecule has 0 radical (unpaired) electrons. The van der Waals surface area contributed by atoms with E-state index in [0.717, 1.165) is 11.8 Å². The monoisotopic (exact) mass is 291 g/mol. The summed E-state index contributed by atoms with van der Waals surface area (Å²) in [7, 11) is 0. The summed E-state index contributed by atoms with van der Waals surface area (Å²) in [5.41, 5.74) is 5.99. The summed E-state index contributed by atoms with van der Waals surface area (Å²) < 4.78 is 0. The molecule has 0 spiro atoms. The lowest BCUT2D eigenvalue weighted by Crippen LogP contribution is -2.45. The van der Waals surface area contributed by atoms with E-state index in [1.165, 1.54) is 30.4 Å². The maximum Gasteiger partial charge on any atom is 0.0986 e. The van der Waals surface area contributed by atoms with Crippen LogP contribution in [0.4, 0.5) is 0 Å². The minimum atomic E-state index is -0.187. The van der Waals surface area contributed by atoms with Gasteiger partial charge in [0.25, 0.3) is 0 Å². The SMILES string of the molecule is c1ccc(C2(c3ccccc3)NO[C@H]3[C@@H]4CC[C@@H](C4)[C@H]32)cc1. The van der Waals surface area contributed by atoms with Gasteiger partial charge in [-0.1, -0.05) is 60.7 Å². The van der Waals surface area contributed by atoms with Gasteiger partial charge >= 0.3 is 0 Å². The van der Waals surface area contributed by atoms with Crippen molar-refractivity contribution in [2.75, 3.05) is 0 Å². The molecule has 22 heavy (non-hydrogen) atoms. The maximum absolute atomic E-state index is 6.19. The average Bonchev–Trinajstić information content (AvgIpc) is 3.29. The normalized spacial score (nSPS) is 34.7. The molecular weight excluding hydrogens is 270 g/mol. The second-order valence-corrected chi connectivity index (χ2v) is 7.08. The molecule has 4 atom stereocenters. The molecule has 1 heterocycles. The number of benzene rings is 2. The first-order chi connectivity index (χ1) is 10.9. The van der Waals surface area contributed by atoms with E-state index in [1.807, 2.05) is 0 Å². The highest BCUT2D eigenvalue weighted by atomic mass is 16.7. The predicted molar refractivity (Wildman–Crippen MR) is 86.0 cm³/mol. The molecule has 5 rings (SSSR count). The van der Waals surface area contributed by atoms with Crippen molar-refractivity contribution >= 4 is 0 Å². The third-order valence-electron chi connectivity index (χ3n) is 6.15. The van der Waals surface area contributed by atoms with Gasteiger partial charge < -0.3 is 0 Å². The second kappa shape index (κ2) is 4.68. The van der Waals surface area contributed by atoms with Crippen LogP contribution in [0.2, 0.25) is 0 Å². The number of nitrogens with one attached hydrogen (secondary N) is 1. The van der Waals surface area contributed by atoms with Crippen molar-refractivity contribution in [2.45, 2.75) is 30.9 Å². The summed E-state index contributed by atoms with van der Waals surface area (Å²) in [6, 6.07) is 21.7. The molecule has 1 saturated heterocycles. The van der Waals surface area contributed by atoms with Crippen LogP contribution in [-0.4, -0.2) is 6.10 Å². The fraction of sp³-hybridized carbons (Fsp3) is 0.400. The van der Waals surface area contributed by atoms with Gasteiger partial charge in [-0.25, -0.2) is 0 Å². The summed E-state index contributed by atoms with van der Waals surface area (Å²) in [4.78, 5) is 6.19. The Morgan fingerprint density at radius 2 is 1.41 bits per heavy atom. The van der Waals surface area contributed by atoms with Crippen molar-refractivity contribution in [1.29, 1.82) is 0 Å². The van der Waals surface area contributed by atoms with E-state index in [-0.39, 0.29) is 5.54 Å². The Morgan fingerprint density at radius 3 is 2.05 bits per heavy atom. The van der Waals surface area contributed by atoms with Crippen LogP contribution < -0.4 is 5.48 Å². The Bertz CT molecular complexity index is 629. The van der Waals surface area contributed by atoms with Crippen molar-refractivity contribution < 1.29 is 4.84 Å². The highest BCUT2D eigenvalue weighted by Gasteiger charge is 2.62. The van der Waals surface area contributed by atoms with Gasteiger partial charge in [0.15, 0.2) is 0 Å². The molecular formula is C20H21NO. The largest absolute Gasteiger partial charge is 0.297 e. The number of hydroxylamine groups is 1. The number of rotatable bonds is 2. The molecule has 0 amide bonds. The van der Waals surface area contributed by atoms with Crippen molar-refractivity contribution in [1.82, 2.24) is 5.48 Å². The standard InChI is InChI=1S/C20H21NO/c1-3-7-16(8-4-1)20(17-9-5-2-6-10-17)18-14-11-12-15(13-14)19(18)22-21-20/h1-10,14-15,18-19,21H,11-13H2/t14-,15+,18+,19-/m0/s1. The molecule has 2 aromatic carbocycles. The van der Waals surface area contributed by atoms with Gasteiger partial charge in [0.05, 0.1) is 11.6 Å². The highest BCUT2D eigenvalue weighted by Crippen LogP contribution is 2.60. The van der Waals surface area contributed by atoms with E-state index < -0.39 is 0 Å². The zero-order valence-electron chi connectivity index (χ0n) is 12.6. The van der Waals surface area contributed by atoms with E-state index in [9.17, 15) is 0 Å². The summed E-state index contributed by atoms with van der Waals surface area (Å²) in [5, 5.41) is 0. The van der Waals surface area contributed by atoms with E-state index in [1.54, 1.807) is 0 Å². The van der Waals surface area contributed by atoms with Crippen LogP contribution in [0.5, 0.6) is 0 Å². The van der Waals surface area contributed by atoms with E-state index in [0.29, 0.717) is 12.0 Å². The fourth-order valence-electron chi connectivity index (χ4n) is 5.31. The van der Waals surface area contributed by atoms with Crippen molar-refractivity contribution in [3.8, 4) is 0 Å². The number of fused-ring (bicyclic) bond motifs is 5. The topological polar surface area (TPSA) is 21.3 Å². The van der Waals surface area contributed by atoms with Crippen LogP contribution >= 0.6 is 0 Å². The van der Waals surface area contributed by atoms with E-state index in [2.05, 4.69) is 66.1 Å². The van der Waals surface area contributed by atoms with Crippen LogP contribution in [0.3, 0.4) is 0 Å². The molecule has 2 nitrogen and oxygen atoms in total. The van der Waals surface area contributed by atoms with Crippen LogP contribution in [0, 0.1) is 17.8 Å². The zero-order valence-corrected chi connectivity index (χ0v) is 12.6. The van der Waals surface area contributed by atoms with Gasteiger partial charge in [-0.05, 0) is 42.2 Å². The van der Waals surface area contributed by atoms with E-state index >= 15 is 0 Å². The van der Waals surface area contributed by atoms with Crippen molar-refractivity contribution in [3.05, 3.63) is 71.8 Å². The van der Waals surface area contributed by atoms with Crippen LogP contribution in [0.25, 0.3) is 0 Å². The lowest BCUT2D eigenvalue weighted by molar-refractivity contribution is -0.0118. The summed E-state index contributed by atoms with van der Waals surface area (Å²) in [6.07, 6.45) is 4.42. The van der Waals surface area contributed by atoms with Gasteiger partial charge in [-0.3, -0.25) is 4.84 Å². The molecule has 0 aromatic heterocycles. The molecule has 0 unspecified atom stereocenters. The van der Waals surface area contributed by atoms with Crippen molar-refractivity contribution in [2.24, 2.45) is 17.8 Å². The Hall–Kier alpha value is -1.64. The fourth-order valence-corrected chi connectivity index (χ4v) is 5.31. The molecule has 1 N–H and O–H groups in total. The zero-order chi connectivity index (χ0) is 14.6. The molecule has 1 aliphatic heterocycles. The lowest BCUT2D eigenvalue weighted by Gasteiger charge is -2.38. The first-order valence-corrected chi connectivity index (χ1v) is 8.43. The first-order valence-electron chi connectivity index (χ1n) is 8.43. The molecule has 2 saturated carbocycles. The smallest absolute Gasteiger partial charge is 0.0986 e. The summed E-state index contributed by atoms with van der Waals surface area (Å²) >= 11 is 0. The van der Waals surface area contributed by atoms with Gasteiger partial charge in [0.2, 0.25) is 0 Å². The highest BCUT2D eigenvalue weighted by molar-refractivity contribution is 5.41. The third kappa shape index (κ3) is 1.57.